The van der Waals surface area contributed by atoms with E-state index in [2.05, 4.69) is 0 Å². The molecule has 0 radical (unpaired) electrons. The summed E-state index contributed by atoms with van der Waals surface area (Å²) in [6, 6.07) is 11.3. The minimum Gasteiger partial charge on any atom is -0.504 e. The average molecular weight is 350 g/mol. The molecule has 0 unspecified atom stereocenters. The third-order valence-electron chi connectivity index (χ3n) is 4.45. The van der Waals surface area contributed by atoms with Crippen LogP contribution in [0.5, 0.6) is 17.2 Å². The van der Waals surface area contributed by atoms with Crippen LogP contribution in [0.2, 0.25) is 0 Å². The molecule has 0 aliphatic heterocycles. The van der Waals surface area contributed by atoms with Gasteiger partial charge in [-0.05, 0) is 48.2 Å². The van der Waals surface area contributed by atoms with Crippen molar-refractivity contribution in [3.05, 3.63) is 59.2 Å². The Morgan fingerprint density at radius 3 is 2.38 bits per heavy atom. The van der Waals surface area contributed by atoms with Crippen LogP contribution in [-0.4, -0.2) is 25.1 Å². The van der Waals surface area contributed by atoms with Gasteiger partial charge in [-0.2, -0.15) is 0 Å². The van der Waals surface area contributed by atoms with E-state index in [4.69, 9.17) is 9.47 Å². The summed E-state index contributed by atoms with van der Waals surface area (Å²) >= 11 is 0. The minimum atomic E-state index is 0.00981. The third kappa shape index (κ3) is 3.80. The average Bonchev–Trinajstić information content (AvgIpc) is 2.68. The fraction of sp³-hybridized carbons (Fsp3) is 0.227. The first-order valence-corrected chi connectivity index (χ1v) is 8.59. The van der Waals surface area contributed by atoms with Crippen LogP contribution >= 0.6 is 0 Å². The highest BCUT2D eigenvalue weighted by atomic mass is 16.5. The van der Waals surface area contributed by atoms with Crippen molar-refractivity contribution in [1.82, 2.24) is 0 Å². The van der Waals surface area contributed by atoms with Crippen molar-refractivity contribution in [2.75, 3.05) is 14.2 Å². The number of hydrogen-bond donors (Lipinski definition) is 1. The SMILES string of the molecule is COc1ccc(/C=C/c2cc(OC)c(O)c(C3=CCCCC3=O)c2)cc1. The van der Waals surface area contributed by atoms with Gasteiger partial charge in [-0.3, -0.25) is 4.79 Å². The third-order valence-corrected chi connectivity index (χ3v) is 4.45. The summed E-state index contributed by atoms with van der Waals surface area (Å²) in [5.41, 5.74) is 2.98. The molecule has 0 heterocycles. The molecule has 0 saturated heterocycles. The number of ether oxygens (including phenoxy) is 2. The Bertz CT molecular complexity index is 860. The quantitative estimate of drug-likeness (QED) is 0.793. The molecular weight excluding hydrogens is 328 g/mol. The molecular formula is C22H22O4. The molecule has 0 aromatic heterocycles. The first kappa shape index (κ1) is 17.8. The minimum absolute atomic E-state index is 0.00981. The van der Waals surface area contributed by atoms with E-state index in [0.29, 0.717) is 23.3 Å². The topological polar surface area (TPSA) is 55.8 Å². The number of ketones is 1. The second-order valence-electron chi connectivity index (χ2n) is 6.16. The summed E-state index contributed by atoms with van der Waals surface area (Å²) < 4.78 is 10.5. The van der Waals surface area contributed by atoms with Gasteiger partial charge in [0.1, 0.15) is 5.75 Å². The number of rotatable bonds is 5. The van der Waals surface area contributed by atoms with E-state index in [1.54, 1.807) is 13.2 Å². The molecule has 1 aliphatic carbocycles. The second-order valence-corrected chi connectivity index (χ2v) is 6.16. The predicted molar refractivity (Wildman–Crippen MR) is 103 cm³/mol. The fourth-order valence-electron chi connectivity index (χ4n) is 3.01. The van der Waals surface area contributed by atoms with Crippen LogP contribution in [-0.2, 0) is 4.79 Å². The molecule has 0 amide bonds. The number of benzene rings is 2. The van der Waals surface area contributed by atoms with Crippen LogP contribution < -0.4 is 9.47 Å². The lowest BCUT2D eigenvalue weighted by Crippen LogP contribution is -2.06. The molecule has 1 aliphatic rings. The number of Topliss-reactive ketones (excluding diaryl/α,β-unsaturated/α-hetero) is 1. The van der Waals surface area contributed by atoms with Gasteiger partial charge in [-0.1, -0.05) is 30.4 Å². The van der Waals surface area contributed by atoms with Crippen LogP contribution in [0.15, 0.2) is 42.5 Å². The molecule has 4 heteroatoms. The molecule has 0 spiro atoms. The van der Waals surface area contributed by atoms with E-state index in [9.17, 15) is 9.90 Å². The van der Waals surface area contributed by atoms with Gasteiger partial charge >= 0.3 is 0 Å². The van der Waals surface area contributed by atoms with Crippen molar-refractivity contribution in [1.29, 1.82) is 0 Å². The normalized spacial score (nSPS) is 14.4. The first-order valence-electron chi connectivity index (χ1n) is 8.59. The van der Waals surface area contributed by atoms with Crippen LogP contribution in [0.1, 0.15) is 36.0 Å². The Morgan fingerprint density at radius 1 is 1.00 bits per heavy atom. The monoisotopic (exact) mass is 350 g/mol. The summed E-state index contributed by atoms with van der Waals surface area (Å²) in [6.45, 7) is 0. The zero-order chi connectivity index (χ0) is 18.5. The Labute approximate surface area is 153 Å². The molecule has 2 aromatic carbocycles. The van der Waals surface area contributed by atoms with Crippen molar-refractivity contribution < 1.29 is 19.4 Å². The van der Waals surface area contributed by atoms with Crippen molar-refractivity contribution in [3.8, 4) is 17.2 Å². The highest BCUT2D eigenvalue weighted by Crippen LogP contribution is 2.38. The highest BCUT2D eigenvalue weighted by Gasteiger charge is 2.21. The lowest BCUT2D eigenvalue weighted by atomic mass is 9.90. The highest BCUT2D eigenvalue weighted by molar-refractivity contribution is 6.22. The van der Waals surface area contributed by atoms with Gasteiger partial charge in [0, 0.05) is 17.6 Å². The second kappa shape index (κ2) is 7.91. The Hall–Kier alpha value is -3.01. The van der Waals surface area contributed by atoms with E-state index < -0.39 is 0 Å². The molecule has 0 saturated carbocycles. The molecule has 26 heavy (non-hydrogen) atoms. The summed E-state index contributed by atoms with van der Waals surface area (Å²) in [4.78, 5) is 12.2. The molecule has 3 rings (SSSR count). The summed E-state index contributed by atoms with van der Waals surface area (Å²) in [5.74, 6) is 1.23. The number of phenols is 1. The van der Waals surface area contributed by atoms with Crippen molar-refractivity contribution in [2.24, 2.45) is 0 Å². The molecule has 0 bridgehead atoms. The van der Waals surface area contributed by atoms with E-state index in [-0.39, 0.29) is 11.5 Å². The molecule has 2 aromatic rings. The maximum atomic E-state index is 12.2. The Kier molecular flexibility index (Phi) is 5.42. The number of aromatic hydroxyl groups is 1. The lowest BCUT2D eigenvalue weighted by molar-refractivity contribution is -0.114. The molecule has 4 nitrogen and oxygen atoms in total. The Morgan fingerprint density at radius 2 is 1.73 bits per heavy atom. The first-order chi connectivity index (χ1) is 12.6. The number of methoxy groups -OCH3 is 2. The van der Waals surface area contributed by atoms with Gasteiger partial charge in [0.2, 0.25) is 0 Å². The lowest BCUT2D eigenvalue weighted by Gasteiger charge is -2.16. The Balaban J connectivity index is 1.96. The molecule has 134 valence electrons. The predicted octanol–water partition coefficient (Wildman–Crippen LogP) is 4.72. The number of allylic oxidation sites excluding steroid dienone is 2. The van der Waals surface area contributed by atoms with Gasteiger partial charge < -0.3 is 14.6 Å². The van der Waals surface area contributed by atoms with E-state index in [1.165, 1.54) is 7.11 Å². The smallest absolute Gasteiger partial charge is 0.165 e. The van der Waals surface area contributed by atoms with Crippen molar-refractivity contribution >= 4 is 23.5 Å². The number of carbonyl (C=O) groups excluding carboxylic acids is 1. The van der Waals surface area contributed by atoms with Crippen LogP contribution in [0, 0.1) is 0 Å². The zero-order valence-electron chi connectivity index (χ0n) is 15.0. The van der Waals surface area contributed by atoms with Crippen LogP contribution in [0.3, 0.4) is 0 Å². The van der Waals surface area contributed by atoms with Crippen LogP contribution in [0.4, 0.5) is 0 Å². The van der Waals surface area contributed by atoms with Crippen molar-refractivity contribution in [2.45, 2.75) is 19.3 Å². The van der Waals surface area contributed by atoms with E-state index in [0.717, 1.165) is 29.7 Å². The number of phenolic OH excluding ortho intramolecular Hbond substituents is 1. The summed E-state index contributed by atoms with van der Waals surface area (Å²) in [6.07, 6.45) is 8.01. The number of carbonyl (C=O) groups is 1. The maximum absolute atomic E-state index is 12.2. The van der Waals surface area contributed by atoms with Gasteiger partial charge in [0.05, 0.1) is 14.2 Å². The van der Waals surface area contributed by atoms with Gasteiger partial charge in [-0.25, -0.2) is 0 Å². The molecule has 0 fully saturated rings. The van der Waals surface area contributed by atoms with Gasteiger partial charge in [-0.15, -0.1) is 0 Å². The molecule has 0 atom stereocenters. The van der Waals surface area contributed by atoms with Crippen LogP contribution in [0.25, 0.3) is 17.7 Å². The maximum Gasteiger partial charge on any atom is 0.165 e. The largest absolute Gasteiger partial charge is 0.504 e. The summed E-state index contributed by atoms with van der Waals surface area (Å²) in [7, 11) is 3.14. The van der Waals surface area contributed by atoms with Crippen molar-refractivity contribution in [3.63, 3.8) is 0 Å². The van der Waals surface area contributed by atoms with E-state index in [1.807, 2.05) is 48.6 Å². The van der Waals surface area contributed by atoms with Gasteiger partial charge in [0.15, 0.2) is 17.3 Å². The zero-order valence-corrected chi connectivity index (χ0v) is 15.0. The fourth-order valence-corrected chi connectivity index (χ4v) is 3.01. The van der Waals surface area contributed by atoms with Gasteiger partial charge in [0.25, 0.3) is 0 Å². The molecule has 1 N–H and O–H groups in total. The number of hydrogen-bond acceptors (Lipinski definition) is 4. The standard InChI is InChI=1S/C22H22O4/c1-25-17-11-9-15(10-12-17)7-8-16-13-19(22(24)21(14-16)26-2)18-5-3-4-6-20(18)23/h5,7-14,24H,3-4,6H2,1-2H3/b8-7+. The summed E-state index contributed by atoms with van der Waals surface area (Å²) in [5, 5.41) is 10.5. The van der Waals surface area contributed by atoms with E-state index >= 15 is 0 Å².